The van der Waals surface area contributed by atoms with Crippen LogP contribution >= 0.6 is 69.6 Å². The second-order valence-corrected chi connectivity index (χ2v) is 10.2. The molecule has 0 saturated heterocycles. The molecule has 0 aliphatic heterocycles. The smallest absolute Gasteiger partial charge is 0.504 e. The minimum absolute atomic E-state index is 0. The van der Waals surface area contributed by atoms with E-state index in [1.54, 1.807) is 55.0 Å². The zero-order chi connectivity index (χ0) is 28.3. The Morgan fingerprint density at radius 3 is 0.925 bits per heavy atom. The summed E-state index contributed by atoms with van der Waals surface area (Å²) < 4.78 is 0. The van der Waals surface area contributed by atoms with Gasteiger partial charge in [-0.2, -0.15) is 0 Å². The summed E-state index contributed by atoms with van der Waals surface area (Å²) in [5.41, 5.74) is 1.29. The van der Waals surface area contributed by atoms with Gasteiger partial charge in [0.25, 0.3) is 0 Å². The molecule has 3 N–H and O–H groups in total. The number of hydrogen-bond acceptors (Lipinski definition) is 6. The van der Waals surface area contributed by atoms with Gasteiger partial charge in [-0.25, -0.2) is 0 Å². The van der Waals surface area contributed by atoms with Gasteiger partial charge in [0.05, 0.1) is 30.1 Å². The zero-order valence-corrected chi connectivity index (χ0v) is 25.6. The number of phenols is 3. The molecule has 0 amide bonds. The Morgan fingerprint density at radius 2 is 0.675 bits per heavy atom. The number of rotatable bonds is 0. The van der Waals surface area contributed by atoms with Gasteiger partial charge < -0.3 is 15.3 Å². The van der Waals surface area contributed by atoms with Gasteiger partial charge in [-0.05, 0) is 54.6 Å². The minimum atomic E-state index is -0.0262. The van der Waals surface area contributed by atoms with Crippen molar-refractivity contribution < 1.29 is 15.3 Å². The van der Waals surface area contributed by atoms with E-state index >= 15 is 0 Å². The standard InChI is InChI=1S/3C9H5Cl2NO.Al/c3*10-6-4-7(11)9(13)8-5(6)2-1-3-12-8;/h3*1-4,13H;/q;;;+3. The van der Waals surface area contributed by atoms with Gasteiger partial charge in [-0.3, -0.25) is 15.0 Å². The van der Waals surface area contributed by atoms with Crippen LogP contribution in [0.25, 0.3) is 32.7 Å². The van der Waals surface area contributed by atoms with Crippen LogP contribution in [0.2, 0.25) is 30.1 Å². The molecule has 6 nitrogen and oxygen atoms in total. The van der Waals surface area contributed by atoms with E-state index in [1.165, 1.54) is 18.2 Å². The topological polar surface area (TPSA) is 99.4 Å². The zero-order valence-electron chi connectivity index (χ0n) is 20.0. The van der Waals surface area contributed by atoms with Crippen LogP contribution in [0.15, 0.2) is 73.2 Å². The predicted molar refractivity (Wildman–Crippen MR) is 166 cm³/mol. The largest absolute Gasteiger partial charge is 3.00 e. The van der Waals surface area contributed by atoms with E-state index in [1.807, 2.05) is 0 Å². The van der Waals surface area contributed by atoms with E-state index in [2.05, 4.69) is 15.0 Å². The Morgan fingerprint density at radius 1 is 0.425 bits per heavy atom. The van der Waals surface area contributed by atoms with E-state index in [4.69, 9.17) is 69.6 Å². The fraction of sp³-hybridized carbons (Fsp3) is 0. The Kier molecular flexibility index (Phi) is 11.2. The van der Waals surface area contributed by atoms with Crippen LogP contribution in [-0.4, -0.2) is 47.6 Å². The molecule has 0 aliphatic carbocycles. The number of pyridine rings is 3. The fourth-order valence-electron chi connectivity index (χ4n) is 3.47. The van der Waals surface area contributed by atoms with Crippen molar-refractivity contribution in [2.75, 3.05) is 0 Å². The first-order chi connectivity index (χ1) is 18.6. The van der Waals surface area contributed by atoms with Crippen molar-refractivity contribution in [3.8, 4) is 17.2 Å². The SMILES string of the molecule is Oc1c(Cl)cc(Cl)c2cccnc12.Oc1c(Cl)cc(Cl)c2cccnc12.Oc1c(Cl)cc(Cl)c2cccnc12.[Al+3]. The third kappa shape index (κ3) is 6.88. The first-order valence-corrected chi connectivity index (χ1v) is 13.1. The summed E-state index contributed by atoms with van der Waals surface area (Å²) >= 11 is 34.9. The maximum atomic E-state index is 9.53. The van der Waals surface area contributed by atoms with E-state index < -0.39 is 0 Å². The van der Waals surface area contributed by atoms with E-state index in [0.29, 0.717) is 47.8 Å². The van der Waals surface area contributed by atoms with Crippen molar-refractivity contribution in [3.63, 3.8) is 0 Å². The summed E-state index contributed by atoms with van der Waals surface area (Å²) in [6.45, 7) is 0. The summed E-state index contributed by atoms with van der Waals surface area (Å²) in [6.07, 6.45) is 4.73. The van der Waals surface area contributed by atoms with Crippen LogP contribution in [0, 0.1) is 0 Å². The molecule has 3 aromatic carbocycles. The number of hydrogen-bond donors (Lipinski definition) is 3. The molecule has 0 bridgehead atoms. The third-order valence-electron chi connectivity index (χ3n) is 5.31. The van der Waals surface area contributed by atoms with Crippen molar-refractivity contribution in [1.29, 1.82) is 0 Å². The van der Waals surface area contributed by atoms with Crippen LogP contribution in [0.5, 0.6) is 17.2 Å². The van der Waals surface area contributed by atoms with Gasteiger partial charge in [0.1, 0.15) is 16.6 Å². The summed E-state index contributed by atoms with van der Waals surface area (Å²) in [5.74, 6) is -0.0787. The van der Waals surface area contributed by atoms with Crippen LogP contribution < -0.4 is 0 Å². The van der Waals surface area contributed by atoms with Gasteiger partial charge in [-0.15, -0.1) is 0 Å². The molecule has 0 fully saturated rings. The minimum Gasteiger partial charge on any atom is -0.504 e. The van der Waals surface area contributed by atoms with Gasteiger partial charge in [0.2, 0.25) is 0 Å². The number of benzene rings is 3. The van der Waals surface area contributed by atoms with Gasteiger partial charge in [0.15, 0.2) is 17.2 Å². The number of nitrogens with zero attached hydrogens (tertiary/aromatic N) is 3. The molecule has 0 radical (unpaired) electrons. The summed E-state index contributed by atoms with van der Waals surface area (Å²) in [6, 6.07) is 15.1. The molecule has 0 saturated carbocycles. The quantitative estimate of drug-likeness (QED) is 0.140. The van der Waals surface area contributed by atoms with Crippen LogP contribution in [0.4, 0.5) is 0 Å². The molecule has 3 heterocycles. The Bertz CT molecular complexity index is 1630. The summed E-state index contributed by atoms with van der Waals surface area (Å²) in [5, 5.41) is 32.8. The van der Waals surface area contributed by atoms with E-state index in [0.717, 1.165) is 0 Å². The molecular weight excluding hydrogens is 654 g/mol. The molecule has 198 valence electrons. The summed E-state index contributed by atoms with van der Waals surface area (Å²) in [7, 11) is 0. The molecule has 3 aromatic heterocycles. The molecule has 0 spiro atoms. The molecule has 6 rings (SSSR count). The van der Waals surface area contributed by atoms with Crippen molar-refractivity contribution >= 4 is 120 Å². The second kappa shape index (κ2) is 14.0. The van der Waals surface area contributed by atoms with Gasteiger partial charge in [0, 0.05) is 34.7 Å². The van der Waals surface area contributed by atoms with Gasteiger partial charge >= 0.3 is 17.4 Å². The fourth-order valence-corrected chi connectivity index (χ4v) is 5.02. The van der Waals surface area contributed by atoms with Crippen molar-refractivity contribution in [3.05, 3.63) is 103 Å². The predicted octanol–water partition coefficient (Wildman–Crippen LogP) is 9.36. The molecular formula is C27H15AlCl6N3O3+3. The first-order valence-electron chi connectivity index (χ1n) is 10.8. The molecule has 0 unspecified atom stereocenters. The van der Waals surface area contributed by atoms with Crippen LogP contribution in [-0.2, 0) is 0 Å². The van der Waals surface area contributed by atoms with Crippen LogP contribution in [0.3, 0.4) is 0 Å². The summed E-state index contributed by atoms with van der Waals surface area (Å²) in [4.78, 5) is 12.0. The molecule has 0 atom stereocenters. The maximum absolute atomic E-state index is 9.53. The maximum Gasteiger partial charge on any atom is 3.00 e. The normalized spacial score (nSPS) is 10.3. The Hall–Kier alpha value is -2.44. The average Bonchev–Trinajstić information content (AvgIpc) is 2.94. The van der Waals surface area contributed by atoms with Crippen LogP contribution in [0.1, 0.15) is 0 Å². The van der Waals surface area contributed by atoms with Crippen molar-refractivity contribution in [2.45, 2.75) is 0 Å². The Balaban J connectivity index is 0.000000163. The van der Waals surface area contributed by atoms with E-state index in [9.17, 15) is 15.3 Å². The molecule has 13 heteroatoms. The average molecular weight is 669 g/mol. The van der Waals surface area contributed by atoms with Gasteiger partial charge in [-0.1, -0.05) is 69.6 Å². The number of phenolic OH excluding ortho intramolecular Hbond substituents is 3. The first kappa shape index (κ1) is 32.1. The number of fused-ring (bicyclic) bond motifs is 3. The molecule has 40 heavy (non-hydrogen) atoms. The van der Waals surface area contributed by atoms with E-state index in [-0.39, 0.29) is 49.7 Å². The van der Waals surface area contributed by atoms with Crippen molar-refractivity contribution in [2.24, 2.45) is 0 Å². The Labute approximate surface area is 268 Å². The second-order valence-electron chi connectivity index (χ2n) is 7.77. The number of halogens is 6. The number of aromatic nitrogens is 3. The number of aromatic hydroxyl groups is 3. The molecule has 6 aromatic rings. The monoisotopic (exact) mass is 666 g/mol. The van der Waals surface area contributed by atoms with Crippen molar-refractivity contribution in [1.82, 2.24) is 15.0 Å². The third-order valence-corrected chi connectivity index (χ3v) is 7.11. The molecule has 0 aliphatic rings.